The molecule has 2 fully saturated rings. The Balaban J connectivity index is 1.48. The minimum absolute atomic E-state index is 0.0221. The van der Waals surface area contributed by atoms with Crippen LogP contribution in [0.15, 0.2) is 30.7 Å². The highest BCUT2D eigenvalue weighted by Gasteiger charge is 2.44. The van der Waals surface area contributed by atoms with E-state index in [1.165, 1.54) is 4.90 Å². The minimum atomic E-state index is -4.56. The summed E-state index contributed by atoms with van der Waals surface area (Å²) in [6.45, 7) is 1.16. The molecule has 11 heteroatoms. The molecule has 0 radical (unpaired) electrons. The fourth-order valence-corrected chi connectivity index (χ4v) is 3.89. The van der Waals surface area contributed by atoms with Gasteiger partial charge in [-0.1, -0.05) is 6.92 Å². The summed E-state index contributed by atoms with van der Waals surface area (Å²) in [6.07, 6.45) is 0.217. The molecule has 1 saturated heterocycles. The monoisotopic (exact) mass is 465 g/mol. The zero-order chi connectivity index (χ0) is 23.8. The number of amides is 2. The van der Waals surface area contributed by atoms with Crippen LogP contribution >= 0.6 is 0 Å². The van der Waals surface area contributed by atoms with E-state index in [4.69, 9.17) is 0 Å². The number of nitrogens with zero attached hydrogens (tertiary/aromatic N) is 5. The number of aromatic nitrogens is 3. The summed E-state index contributed by atoms with van der Waals surface area (Å²) < 4.78 is 53.4. The van der Waals surface area contributed by atoms with Crippen LogP contribution in [-0.2, 0) is 17.4 Å². The largest absolute Gasteiger partial charge is 0.416 e. The molecule has 0 unspecified atom stereocenters. The molecule has 3 heterocycles. The molecule has 2 atom stereocenters. The number of hydrogen-bond acceptors (Lipinski definition) is 5. The number of halogens is 4. The highest BCUT2D eigenvalue weighted by atomic mass is 19.4. The van der Waals surface area contributed by atoms with Gasteiger partial charge in [-0.3, -0.25) is 14.7 Å². The molecule has 2 aromatic rings. The maximum atomic E-state index is 14.7. The first kappa shape index (κ1) is 23.1. The highest BCUT2D eigenvalue weighted by Crippen LogP contribution is 2.39. The van der Waals surface area contributed by atoms with Gasteiger partial charge in [-0.15, -0.1) is 0 Å². The van der Waals surface area contributed by atoms with Crippen molar-refractivity contribution in [3.05, 3.63) is 47.5 Å². The second-order valence-corrected chi connectivity index (χ2v) is 8.35. The smallest absolute Gasteiger partial charge is 0.309 e. The number of rotatable bonds is 8. The molecule has 2 aromatic heterocycles. The van der Waals surface area contributed by atoms with Crippen LogP contribution < -0.4 is 4.90 Å². The number of urea groups is 1. The zero-order valence-corrected chi connectivity index (χ0v) is 17.9. The summed E-state index contributed by atoms with van der Waals surface area (Å²) in [4.78, 5) is 40.3. The maximum absolute atomic E-state index is 14.7. The van der Waals surface area contributed by atoms with E-state index >= 15 is 0 Å². The summed E-state index contributed by atoms with van der Waals surface area (Å²) in [6, 6.07) is 0.107. The third kappa shape index (κ3) is 5.12. The lowest BCUT2D eigenvalue weighted by Gasteiger charge is -2.24. The molecule has 2 amide bonds. The summed E-state index contributed by atoms with van der Waals surface area (Å²) in [7, 11) is 0. The Kier molecular flexibility index (Phi) is 6.31. The highest BCUT2D eigenvalue weighted by molar-refractivity contribution is 5.96. The van der Waals surface area contributed by atoms with E-state index in [9.17, 15) is 27.2 Å². The Hall–Kier alpha value is -3.11. The standard InChI is InChI=1S/C22H23F4N5O2/c1-2-18(23)19-12-31(20-28-9-14(10-29-20)13-3-4-13)21(33)30(19)11-17(32)8-16-7-15(5-6-27-16)22(24,25)26/h5-7,9-10,13,18-19H,2-4,8,11-12H2,1H3/t18-,19+/m0/s1. The van der Waals surface area contributed by atoms with Gasteiger partial charge in [0.05, 0.1) is 31.1 Å². The van der Waals surface area contributed by atoms with Gasteiger partial charge in [-0.05, 0) is 42.9 Å². The molecule has 0 spiro atoms. The van der Waals surface area contributed by atoms with Crippen molar-refractivity contribution < 1.29 is 27.2 Å². The molecule has 0 bridgehead atoms. The molecule has 1 aliphatic carbocycles. The van der Waals surface area contributed by atoms with Gasteiger partial charge >= 0.3 is 12.2 Å². The van der Waals surface area contributed by atoms with Crippen LogP contribution in [-0.4, -0.2) is 57.0 Å². The summed E-state index contributed by atoms with van der Waals surface area (Å²) in [5.41, 5.74) is 0.00357. The van der Waals surface area contributed by atoms with E-state index in [0.717, 1.165) is 41.6 Å². The Morgan fingerprint density at radius 1 is 1.21 bits per heavy atom. The normalized spacial score (nSPS) is 19.8. The van der Waals surface area contributed by atoms with Crippen LogP contribution in [0.25, 0.3) is 0 Å². The number of pyridine rings is 1. The van der Waals surface area contributed by atoms with Gasteiger partial charge in [0.2, 0.25) is 5.95 Å². The van der Waals surface area contributed by atoms with E-state index in [2.05, 4.69) is 15.0 Å². The van der Waals surface area contributed by atoms with Crippen molar-refractivity contribution in [3.63, 3.8) is 0 Å². The number of carbonyl (C=O) groups is 2. The second kappa shape index (κ2) is 9.03. The zero-order valence-electron chi connectivity index (χ0n) is 17.9. The lowest BCUT2D eigenvalue weighted by molar-refractivity contribution is -0.137. The number of alkyl halides is 4. The Labute approximate surface area is 187 Å². The van der Waals surface area contributed by atoms with Crippen LogP contribution in [0.2, 0.25) is 0 Å². The molecule has 0 N–H and O–H groups in total. The number of hydrogen-bond donors (Lipinski definition) is 0. The van der Waals surface area contributed by atoms with Gasteiger partial charge in [-0.25, -0.2) is 19.2 Å². The Morgan fingerprint density at radius 2 is 1.91 bits per heavy atom. The first-order chi connectivity index (χ1) is 15.7. The number of anilines is 1. The predicted molar refractivity (Wildman–Crippen MR) is 110 cm³/mol. The topological polar surface area (TPSA) is 79.3 Å². The number of carbonyl (C=O) groups excluding carboxylic acids is 2. The minimum Gasteiger partial charge on any atom is -0.309 e. The van der Waals surface area contributed by atoms with E-state index in [1.807, 2.05) is 0 Å². The average Bonchev–Trinajstić information content (AvgIpc) is 3.58. The van der Waals surface area contributed by atoms with Gasteiger partial charge in [0.25, 0.3) is 0 Å². The van der Waals surface area contributed by atoms with Crippen molar-refractivity contribution in [1.82, 2.24) is 19.9 Å². The van der Waals surface area contributed by atoms with Crippen molar-refractivity contribution in [3.8, 4) is 0 Å². The third-order valence-electron chi connectivity index (χ3n) is 5.87. The van der Waals surface area contributed by atoms with Crippen molar-refractivity contribution in [2.75, 3.05) is 18.0 Å². The first-order valence-corrected chi connectivity index (χ1v) is 10.7. The number of Topliss-reactive ketones (excluding diaryl/α,β-unsaturated/α-hetero) is 1. The van der Waals surface area contributed by atoms with E-state index in [0.29, 0.717) is 5.92 Å². The van der Waals surface area contributed by atoms with E-state index < -0.39 is 48.7 Å². The molecule has 1 saturated carbocycles. The fraction of sp³-hybridized carbons (Fsp3) is 0.500. The van der Waals surface area contributed by atoms with Gasteiger partial charge in [0.15, 0.2) is 5.78 Å². The lowest BCUT2D eigenvalue weighted by atomic mass is 10.1. The molecule has 7 nitrogen and oxygen atoms in total. The summed E-state index contributed by atoms with van der Waals surface area (Å²) in [5.74, 6) is 0.0255. The number of ketones is 1. The van der Waals surface area contributed by atoms with Crippen LogP contribution in [0.4, 0.5) is 28.3 Å². The van der Waals surface area contributed by atoms with Crippen molar-refractivity contribution in [2.45, 2.75) is 56.9 Å². The van der Waals surface area contributed by atoms with E-state index in [-0.39, 0.29) is 24.6 Å². The first-order valence-electron chi connectivity index (χ1n) is 10.7. The SMILES string of the molecule is CC[C@H](F)[C@H]1CN(c2ncc(C3CC3)cn2)C(=O)N1CC(=O)Cc1cc(C(F)(F)F)ccn1. The molecule has 4 rings (SSSR count). The predicted octanol–water partition coefficient (Wildman–Crippen LogP) is 3.94. The van der Waals surface area contributed by atoms with Crippen LogP contribution in [0.5, 0.6) is 0 Å². The molecule has 176 valence electrons. The van der Waals surface area contributed by atoms with Gasteiger partial charge in [0.1, 0.15) is 6.17 Å². The molecular formula is C22H23F4N5O2. The summed E-state index contributed by atoms with van der Waals surface area (Å²) in [5, 5.41) is 0. The van der Waals surface area contributed by atoms with Crippen LogP contribution in [0, 0.1) is 0 Å². The molecule has 0 aromatic carbocycles. The van der Waals surface area contributed by atoms with Gasteiger partial charge in [0, 0.05) is 24.3 Å². The van der Waals surface area contributed by atoms with E-state index in [1.54, 1.807) is 19.3 Å². The third-order valence-corrected chi connectivity index (χ3v) is 5.87. The average molecular weight is 465 g/mol. The molecule has 33 heavy (non-hydrogen) atoms. The Morgan fingerprint density at radius 3 is 2.52 bits per heavy atom. The lowest BCUT2D eigenvalue weighted by Crippen LogP contribution is -2.43. The van der Waals surface area contributed by atoms with Gasteiger partial charge in [-0.2, -0.15) is 13.2 Å². The van der Waals surface area contributed by atoms with Crippen LogP contribution in [0.3, 0.4) is 0 Å². The Bertz CT molecular complexity index is 1030. The molecular weight excluding hydrogens is 442 g/mol. The quantitative estimate of drug-likeness (QED) is 0.552. The van der Waals surface area contributed by atoms with Gasteiger partial charge < -0.3 is 4.90 Å². The fourth-order valence-electron chi connectivity index (χ4n) is 3.89. The van der Waals surface area contributed by atoms with Crippen molar-refractivity contribution in [2.24, 2.45) is 0 Å². The maximum Gasteiger partial charge on any atom is 0.416 e. The second-order valence-electron chi connectivity index (χ2n) is 8.35. The molecule has 1 aliphatic heterocycles. The van der Waals surface area contributed by atoms with Crippen LogP contribution in [0.1, 0.15) is 48.9 Å². The summed E-state index contributed by atoms with van der Waals surface area (Å²) >= 11 is 0. The van der Waals surface area contributed by atoms with Crippen molar-refractivity contribution in [1.29, 1.82) is 0 Å². The van der Waals surface area contributed by atoms with Crippen molar-refractivity contribution >= 4 is 17.8 Å². The molecule has 2 aliphatic rings.